The first-order chi connectivity index (χ1) is 10.8. The minimum Gasteiger partial charge on any atom is -0.460 e. The maximum Gasteiger partial charge on any atom is 0.374 e. The van der Waals surface area contributed by atoms with Crippen LogP contribution in [0.5, 0.6) is 0 Å². The Kier molecular flexibility index (Phi) is 5.23. The van der Waals surface area contributed by atoms with Gasteiger partial charge in [0, 0.05) is 0 Å². The summed E-state index contributed by atoms with van der Waals surface area (Å²) < 4.78 is 37.1. The van der Waals surface area contributed by atoms with E-state index in [9.17, 15) is 13.2 Å². The molecule has 2 aromatic rings. The van der Waals surface area contributed by atoms with E-state index in [1.165, 1.54) is 12.1 Å². The van der Waals surface area contributed by atoms with E-state index >= 15 is 0 Å². The van der Waals surface area contributed by atoms with Gasteiger partial charge in [-0.15, -0.1) is 0 Å². The van der Waals surface area contributed by atoms with Gasteiger partial charge in [-0.25, -0.2) is 17.9 Å². The lowest BCUT2D eigenvalue weighted by Gasteiger charge is -2.07. The number of aryl methyl sites for hydroxylation is 2. The number of nitrogens with one attached hydrogen (secondary N) is 1. The molecule has 124 valence electrons. The predicted molar refractivity (Wildman–Crippen MR) is 84.6 cm³/mol. The van der Waals surface area contributed by atoms with Crippen molar-refractivity contribution in [3.63, 3.8) is 0 Å². The lowest BCUT2D eigenvalue weighted by molar-refractivity contribution is 0.0488. The summed E-state index contributed by atoms with van der Waals surface area (Å²) in [5.74, 6) is -0.191. The molecule has 0 saturated carbocycles. The molecule has 0 unspecified atom stereocenters. The second-order valence-electron chi connectivity index (χ2n) is 5.06. The number of hydrogen-bond acceptors (Lipinski definition) is 5. The smallest absolute Gasteiger partial charge is 0.374 e. The molecule has 1 aromatic heterocycles. The second-order valence-corrected chi connectivity index (χ2v) is 6.82. The van der Waals surface area contributed by atoms with Gasteiger partial charge < -0.3 is 9.15 Å². The molecular formula is C16H19NO5S. The first-order valence-corrected chi connectivity index (χ1v) is 8.64. The summed E-state index contributed by atoms with van der Waals surface area (Å²) in [7, 11) is -3.65. The molecular weight excluding hydrogens is 318 g/mol. The summed E-state index contributed by atoms with van der Waals surface area (Å²) in [4.78, 5) is 11.7. The van der Waals surface area contributed by atoms with Crippen LogP contribution in [0.3, 0.4) is 0 Å². The van der Waals surface area contributed by atoms with E-state index in [1.54, 1.807) is 25.1 Å². The van der Waals surface area contributed by atoms with E-state index in [4.69, 9.17) is 9.15 Å². The quantitative estimate of drug-likeness (QED) is 0.819. The van der Waals surface area contributed by atoms with Gasteiger partial charge in [-0.05, 0) is 56.2 Å². The van der Waals surface area contributed by atoms with Crippen molar-refractivity contribution >= 4 is 16.0 Å². The minimum atomic E-state index is -3.65. The first kappa shape index (κ1) is 17.2. The summed E-state index contributed by atoms with van der Waals surface area (Å²) in [6, 6.07) is 7.92. The van der Waals surface area contributed by atoms with Crippen LogP contribution in [0.15, 0.2) is 39.6 Å². The van der Waals surface area contributed by atoms with Crippen molar-refractivity contribution in [3.8, 4) is 0 Å². The maximum absolute atomic E-state index is 12.3. The Balaban J connectivity index is 2.07. The van der Waals surface area contributed by atoms with Crippen LogP contribution in [0.2, 0.25) is 0 Å². The fourth-order valence-electron chi connectivity index (χ4n) is 1.92. The number of rotatable bonds is 6. The van der Waals surface area contributed by atoms with Gasteiger partial charge in [-0.1, -0.05) is 6.07 Å². The SMILES string of the molecule is CCOC(=O)c1ccc(CNS(=O)(=O)c2ccc(C)c(C)c2)o1. The Morgan fingerprint density at radius 3 is 2.57 bits per heavy atom. The van der Waals surface area contributed by atoms with E-state index in [0.29, 0.717) is 5.76 Å². The van der Waals surface area contributed by atoms with E-state index in [2.05, 4.69) is 4.72 Å². The number of carbonyl (C=O) groups is 1. The van der Waals surface area contributed by atoms with Gasteiger partial charge in [0.25, 0.3) is 0 Å². The van der Waals surface area contributed by atoms with Crippen LogP contribution >= 0.6 is 0 Å². The summed E-state index contributed by atoms with van der Waals surface area (Å²) in [6.07, 6.45) is 0. The zero-order valence-electron chi connectivity index (χ0n) is 13.3. The topological polar surface area (TPSA) is 85.6 Å². The van der Waals surface area contributed by atoms with Gasteiger partial charge in [0.1, 0.15) is 5.76 Å². The highest BCUT2D eigenvalue weighted by Crippen LogP contribution is 2.16. The molecule has 1 heterocycles. The third kappa shape index (κ3) is 4.20. The fraction of sp³-hybridized carbons (Fsp3) is 0.312. The molecule has 23 heavy (non-hydrogen) atoms. The van der Waals surface area contributed by atoms with Gasteiger partial charge in [0.15, 0.2) is 0 Å². The van der Waals surface area contributed by atoms with Gasteiger partial charge in [0.2, 0.25) is 15.8 Å². The molecule has 0 saturated heterocycles. The maximum atomic E-state index is 12.3. The fourth-order valence-corrected chi connectivity index (χ4v) is 2.99. The lowest BCUT2D eigenvalue weighted by atomic mass is 10.1. The standard InChI is InChI=1S/C16H19NO5S/c1-4-21-16(18)15-8-6-13(22-15)10-17-23(19,20)14-7-5-11(2)12(3)9-14/h5-9,17H,4,10H2,1-3H3. The van der Waals surface area contributed by atoms with E-state index in [1.807, 2.05) is 13.8 Å². The third-order valence-electron chi connectivity index (χ3n) is 3.36. The van der Waals surface area contributed by atoms with Gasteiger partial charge in [-0.2, -0.15) is 0 Å². The van der Waals surface area contributed by atoms with Crippen molar-refractivity contribution in [2.45, 2.75) is 32.2 Å². The number of esters is 1. The van der Waals surface area contributed by atoms with Gasteiger partial charge >= 0.3 is 5.97 Å². The van der Waals surface area contributed by atoms with Gasteiger partial charge in [-0.3, -0.25) is 0 Å². The molecule has 0 bridgehead atoms. The highest BCUT2D eigenvalue weighted by molar-refractivity contribution is 7.89. The molecule has 0 aliphatic heterocycles. The molecule has 0 amide bonds. The van der Waals surface area contributed by atoms with E-state index < -0.39 is 16.0 Å². The Hall–Kier alpha value is -2.12. The second kappa shape index (κ2) is 6.97. The Bertz CT molecular complexity index is 808. The average Bonchev–Trinajstić information content (AvgIpc) is 2.97. The van der Waals surface area contributed by atoms with Crippen LogP contribution in [0.25, 0.3) is 0 Å². The number of benzene rings is 1. The highest BCUT2D eigenvalue weighted by Gasteiger charge is 2.17. The molecule has 0 spiro atoms. The lowest BCUT2D eigenvalue weighted by Crippen LogP contribution is -2.23. The van der Waals surface area contributed by atoms with Crippen molar-refractivity contribution in [1.82, 2.24) is 4.72 Å². The molecule has 7 heteroatoms. The molecule has 0 aliphatic carbocycles. The van der Waals surface area contributed by atoms with Crippen LogP contribution in [-0.2, 0) is 21.3 Å². The molecule has 0 fully saturated rings. The minimum absolute atomic E-state index is 0.0470. The Morgan fingerprint density at radius 1 is 1.17 bits per heavy atom. The molecule has 0 atom stereocenters. The van der Waals surface area contributed by atoms with Gasteiger partial charge in [0.05, 0.1) is 18.0 Å². The van der Waals surface area contributed by atoms with Crippen LogP contribution in [-0.4, -0.2) is 21.0 Å². The van der Waals surface area contributed by atoms with Crippen molar-refractivity contribution in [2.24, 2.45) is 0 Å². The largest absolute Gasteiger partial charge is 0.460 e. The summed E-state index contributed by atoms with van der Waals surface area (Å²) in [6.45, 7) is 5.66. The van der Waals surface area contributed by atoms with Crippen molar-refractivity contribution in [3.05, 3.63) is 53.0 Å². The summed E-state index contributed by atoms with van der Waals surface area (Å²) in [5, 5.41) is 0. The predicted octanol–water partition coefficient (Wildman–Crippen LogP) is 2.55. The van der Waals surface area contributed by atoms with Crippen molar-refractivity contribution < 1.29 is 22.4 Å². The van der Waals surface area contributed by atoms with Crippen LogP contribution in [0.1, 0.15) is 34.4 Å². The molecule has 0 radical (unpaired) electrons. The number of carbonyl (C=O) groups excluding carboxylic acids is 1. The van der Waals surface area contributed by atoms with Crippen LogP contribution in [0, 0.1) is 13.8 Å². The molecule has 1 N–H and O–H groups in total. The van der Waals surface area contributed by atoms with E-state index in [0.717, 1.165) is 11.1 Å². The van der Waals surface area contributed by atoms with Crippen LogP contribution in [0.4, 0.5) is 0 Å². The monoisotopic (exact) mass is 337 g/mol. The first-order valence-electron chi connectivity index (χ1n) is 7.16. The number of sulfonamides is 1. The molecule has 0 aliphatic rings. The zero-order chi connectivity index (χ0) is 17.0. The molecule has 2 rings (SSSR count). The number of hydrogen-bond donors (Lipinski definition) is 1. The van der Waals surface area contributed by atoms with Crippen molar-refractivity contribution in [2.75, 3.05) is 6.61 Å². The van der Waals surface area contributed by atoms with E-state index in [-0.39, 0.29) is 23.8 Å². The Morgan fingerprint density at radius 2 is 1.91 bits per heavy atom. The highest BCUT2D eigenvalue weighted by atomic mass is 32.2. The normalized spacial score (nSPS) is 11.4. The summed E-state index contributed by atoms with van der Waals surface area (Å²) in [5.41, 5.74) is 1.92. The van der Waals surface area contributed by atoms with Crippen molar-refractivity contribution in [1.29, 1.82) is 0 Å². The third-order valence-corrected chi connectivity index (χ3v) is 4.76. The average molecular weight is 337 g/mol. The molecule has 1 aromatic carbocycles. The number of ether oxygens (including phenoxy) is 1. The zero-order valence-corrected chi connectivity index (χ0v) is 14.1. The van der Waals surface area contributed by atoms with Crippen LogP contribution < -0.4 is 4.72 Å². The summed E-state index contributed by atoms with van der Waals surface area (Å²) >= 11 is 0. The molecule has 6 nitrogen and oxygen atoms in total. The Labute approximate surface area is 135 Å². The number of furan rings is 1.